The van der Waals surface area contributed by atoms with Gasteiger partial charge in [-0.25, -0.2) is 9.78 Å². The van der Waals surface area contributed by atoms with Gasteiger partial charge in [0.15, 0.2) is 0 Å². The number of pyridine rings is 1. The highest BCUT2D eigenvalue weighted by Crippen LogP contribution is 2.17. The molecule has 0 unspecified atom stereocenters. The molecule has 0 bridgehead atoms. The molecular formula is C13H10ClNO2S. The number of ether oxygens (including phenoxy) is 1. The zero-order valence-electron chi connectivity index (χ0n) is 9.38. The molecule has 5 heteroatoms. The number of carbonyl (C=O) groups is 1. The van der Waals surface area contributed by atoms with Gasteiger partial charge in [0.1, 0.15) is 11.1 Å². The van der Waals surface area contributed by atoms with Gasteiger partial charge in [-0.3, -0.25) is 0 Å². The van der Waals surface area contributed by atoms with E-state index in [4.69, 9.17) is 16.3 Å². The molecule has 0 saturated carbocycles. The average Bonchev–Trinajstić information content (AvgIpc) is 2.40. The molecule has 0 aliphatic rings. The third kappa shape index (κ3) is 3.75. The first-order chi connectivity index (χ1) is 8.75. The van der Waals surface area contributed by atoms with E-state index in [-0.39, 0.29) is 5.94 Å². The van der Waals surface area contributed by atoms with Crippen LogP contribution in [-0.4, -0.2) is 16.9 Å². The molecule has 2 rings (SSSR count). The van der Waals surface area contributed by atoms with Crippen molar-refractivity contribution in [2.24, 2.45) is 0 Å². The maximum absolute atomic E-state index is 11.6. The normalized spacial score (nSPS) is 10.1. The number of aromatic nitrogens is 1. The Morgan fingerprint density at radius 2 is 2.00 bits per heavy atom. The molecule has 3 nitrogen and oxygen atoms in total. The first kappa shape index (κ1) is 12.9. The fourth-order valence-corrected chi connectivity index (χ4v) is 2.01. The van der Waals surface area contributed by atoms with E-state index in [1.54, 1.807) is 12.1 Å². The van der Waals surface area contributed by atoms with Gasteiger partial charge < -0.3 is 4.74 Å². The Bertz CT molecular complexity index is 516. The van der Waals surface area contributed by atoms with Crippen LogP contribution in [0.5, 0.6) is 0 Å². The highest BCUT2D eigenvalue weighted by Gasteiger charge is 2.07. The molecule has 0 amide bonds. The molecule has 0 saturated heterocycles. The summed E-state index contributed by atoms with van der Waals surface area (Å²) in [6.45, 7) is 0. The quantitative estimate of drug-likeness (QED) is 0.371. The van der Waals surface area contributed by atoms with E-state index >= 15 is 0 Å². The summed E-state index contributed by atoms with van der Waals surface area (Å²) in [5.41, 5.74) is 0.396. The highest BCUT2D eigenvalue weighted by molar-refractivity contribution is 7.99. The van der Waals surface area contributed by atoms with Gasteiger partial charge in [-0.2, -0.15) is 0 Å². The molecule has 0 radical (unpaired) electrons. The highest BCUT2D eigenvalue weighted by atomic mass is 35.5. The number of hydrogen-bond acceptors (Lipinski definition) is 4. The fourth-order valence-electron chi connectivity index (χ4n) is 1.25. The Kier molecular flexibility index (Phi) is 4.61. The summed E-state index contributed by atoms with van der Waals surface area (Å²) in [4.78, 5) is 16.5. The van der Waals surface area contributed by atoms with Crippen LogP contribution in [0, 0.1) is 0 Å². The summed E-state index contributed by atoms with van der Waals surface area (Å²) in [7, 11) is 0. The Hall–Kier alpha value is -1.52. The first-order valence-electron chi connectivity index (χ1n) is 5.22. The topological polar surface area (TPSA) is 39.2 Å². The van der Waals surface area contributed by atoms with Gasteiger partial charge in [-0.1, -0.05) is 41.6 Å². The summed E-state index contributed by atoms with van der Waals surface area (Å²) in [5.74, 6) is -0.131. The zero-order chi connectivity index (χ0) is 12.8. The van der Waals surface area contributed by atoms with Crippen LogP contribution in [0.3, 0.4) is 0 Å². The fraction of sp³-hybridized carbons (Fsp3) is 0.0769. The van der Waals surface area contributed by atoms with Gasteiger partial charge in [0.05, 0.1) is 5.56 Å². The van der Waals surface area contributed by atoms with E-state index in [1.807, 2.05) is 30.3 Å². The lowest BCUT2D eigenvalue weighted by atomic mass is 10.3. The zero-order valence-corrected chi connectivity index (χ0v) is 10.9. The van der Waals surface area contributed by atoms with Crippen molar-refractivity contribution in [3.8, 4) is 0 Å². The molecule has 0 spiro atoms. The van der Waals surface area contributed by atoms with Crippen LogP contribution >= 0.6 is 23.4 Å². The van der Waals surface area contributed by atoms with Crippen molar-refractivity contribution in [2.45, 2.75) is 4.90 Å². The van der Waals surface area contributed by atoms with Crippen LogP contribution in [-0.2, 0) is 4.74 Å². The molecule has 1 aromatic heterocycles. The number of thioether (sulfide) groups is 1. The molecule has 2 aromatic rings. The van der Waals surface area contributed by atoms with Gasteiger partial charge >= 0.3 is 5.97 Å². The third-order valence-corrected chi connectivity index (χ3v) is 3.19. The number of rotatable bonds is 4. The summed E-state index contributed by atoms with van der Waals surface area (Å²) in [6, 6.07) is 12.9. The molecule has 0 N–H and O–H groups in total. The lowest BCUT2D eigenvalue weighted by Gasteiger charge is -2.04. The van der Waals surface area contributed by atoms with Gasteiger partial charge in [0.25, 0.3) is 0 Å². The van der Waals surface area contributed by atoms with Gasteiger partial charge in [-0.15, -0.1) is 0 Å². The van der Waals surface area contributed by atoms with Crippen LogP contribution in [0.2, 0.25) is 5.15 Å². The van der Waals surface area contributed by atoms with Crippen molar-refractivity contribution in [3.63, 3.8) is 0 Å². The smallest absolute Gasteiger partial charge is 0.340 e. The second-order valence-corrected chi connectivity index (χ2v) is 4.76. The minimum atomic E-state index is -0.400. The van der Waals surface area contributed by atoms with Crippen molar-refractivity contribution in [1.29, 1.82) is 0 Å². The molecule has 92 valence electrons. The van der Waals surface area contributed by atoms with E-state index in [2.05, 4.69) is 4.98 Å². The van der Waals surface area contributed by atoms with Crippen molar-refractivity contribution in [1.82, 2.24) is 4.98 Å². The molecule has 18 heavy (non-hydrogen) atoms. The molecule has 0 fully saturated rings. The lowest BCUT2D eigenvalue weighted by molar-refractivity contribution is 0.0579. The van der Waals surface area contributed by atoms with Crippen LogP contribution < -0.4 is 0 Å². The Morgan fingerprint density at radius 3 is 2.67 bits per heavy atom. The molecule has 1 heterocycles. The predicted octanol–water partition coefficient (Wildman–Crippen LogP) is 3.64. The van der Waals surface area contributed by atoms with Gasteiger partial charge in [0.2, 0.25) is 0 Å². The first-order valence-corrected chi connectivity index (χ1v) is 6.58. The second-order valence-electron chi connectivity index (χ2n) is 3.38. The summed E-state index contributed by atoms with van der Waals surface area (Å²) in [6.07, 6.45) is 1.40. The summed E-state index contributed by atoms with van der Waals surface area (Å²) < 4.78 is 5.11. The molecular weight excluding hydrogens is 270 g/mol. The van der Waals surface area contributed by atoms with Crippen LogP contribution in [0.25, 0.3) is 0 Å². The van der Waals surface area contributed by atoms with Crippen LogP contribution in [0.4, 0.5) is 0 Å². The van der Waals surface area contributed by atoms with E-state index in [9.17, 15) is 4.79 Å². The maximum Gasteiger partial charge on any atom is 0.340 e. The van der Waals surface area contributed by atoms with E-state index in [0.717, 1.165) is 4.90 Å². The lowest BCUT2D eigenvalue weighted by Crippen LogP contribution is -2.04. The molecule has 0 aliphatic carbocycles. The Labute approximate surface area is 114 Å². The number of hydrogen-bond donors (Lipinski definition) is 0. The maximum atomic E-state index is 11.6. The standard InChI is InChI=1S/C13H10ClNO2S/c14-12-7-6-10(8-15-12)13(16)17-9-18-11-4-2-1-3-5-11/h1-8H,9H2. The van der Waals surface area contributed by atoms with Crippen LogP contribution in [0.15, 0.2) is 53.6 Å². The number of carbonyl (C=O) groups excluding carboxylic acids is 1. The number of nitrogens with zero attached hydrogens (tertiary/aromatic N) is 1. The second kappa shape index (κ2) is 6.42. The van der Waals surface area contributed by atoms with E-state index in [0.29, 0.717) is 10.7 Å². The Balaban J connectivity index is 1.84. The minimum absolute atomic E-state index is 0.269. The van der Waals surface area contributed by atoms with Crippen molar-refractivity contribution in [2.75, 3.05) is 5.94 Å². The largest absolute Gasteiger partial charge is 0.451 e. The van der Waals surface area contributed by atoms with Crippen LogP contribution in [0.1, 0.15) is 10.4 Å². The summed E-state index contributed by atoms with van der Waals surface area (Å²) in [5, 5.41) is 0.352. The number of halogens is 1. The SMILES string of the molecule is O=C(OCSc1ccccc1)c1ccc(Cl)nc1. The van der Waals surface area contributed by atoms with E-state index < -0.39 is 5.97 Å². The number of benzene rings is 1. The van der Waals surface area contributed by atoms with Gasteiger partial charge in [-0.05, 0) is 24.3 Å². The van der Waals surface area contributed by atoms with Crippen molar-refractivity contribution < 1.29 is 9.53 Å². The molecule has 0 aliphatic heterocycles. The monoisotopic (exact) mass is 279 g/mol. The molecule has 1 aromatic carbocycles. The minimum Gasteiger partial charge on any atom is -0.451 e. The van der Waals surface area contributed by atoms with Crippen molar-refractivity contribution in [3.05, 3.63) is 59.4 Å². The average molecular weight is 280 g/mol. The Morgan fingerprint density at radius 1 is 1.22 bits per heavy atom. The molecule has 0 atom stereocenters. The van der Waals surface area contributed by atoms with E-state index in [1.165, 1.54) is 18.0 Å². The number of esters is 1. The third-order valence-electron chi connectivity index (χ3n) is 2.12. The van der Waals surface area contributed by atoms with Gasteiger partial charge in [0, 0.05) is 11.1 Å². The van der Waals surface area contributed by atoms with Crippen molar-refractivity contribution >= 4 is 29.3 Å². The predicted molar refractivity (Wildman–Crippen MR) is 71.8 cm³/mol. The summed E-state index contributed by atoms with van der Waals surface area (Å²) >= 11 is 7.09.